The molecule has 1 N–H and O–H groups in total. The van der Waals surface area contributed by atoms with Crippen molar-refractivity contribution in [2.75, 3.05) is 31.7 Å². The molecule has 0 fully saturated rings. The van der Waals surface area contributed by atoms with Crippen LogP contribution in [-0.2, 0) is 4.74 Å². The average Bonchev–Trinajstić information content (AvgIpc) is 3.44. The van der Waals surface area contributed by atoms with E-state index in [0.29, 0.717) is 36.6 Å². The second kappa shape index (κ2) is 9.32. The van der Waals surface area contributed by atoms with Gasteiger partial charge in [0, 0.05) is 43.1 Å². The van der Waals surface area contributed by atoms with Crippen LogP contribution in [0.25, 0.3) is 0 Å². The molecule has 32 heavy (non-hydrogen) atoms. The van der Waals surface area contributed by atoms with Gasteiger partial charge in [0.1, 0.15) is 6.33 Å². The number of carbonyl (C=O) groups is 2. The predicted molar refractivity (Wildman–Crippen MR) is 121 cm³/mol. The molecule has 1 aromatic heterocycles. The van der Waals surface area contributed by atoms with E-state index in [0.717, 1.165) is 11.3 Å². The summed E-state index contributed by atoms with van der Waals surface area (Å²) in [6, 6.07) is 14.8. The number of carbonyl (C=O) groups excluding carboxylic acids is 2. The molecule has 2 amide bonds. The maximum absolute atomic E-state index is 13.3. The Morgan fingerprint density at radius 2 is 1.94 bits per heavy atom. The molecule has 0 spiro atoms. The van der Waals surface area contributed by atoms with E-state index < -0.39 is 0 Å². The molecule has 2 aromatic carbocycles. The minimum Gasteiger partial charge on any atom is -0.383 e. The average molecular weight is 434 g/mol. The predicted octanol–water partition coefficient (Wildman–Crippen LogP) is 3.03. The summed E-state index contributed by atoms with van der Waals surface area (Å²) in [6.45, 7) is 5.35. The zero-order valence-electron chi connectivity index (χ0n) is 18.5. The van der Waals surface area contributed by atoms with Crippen molar-refractivity contribution in [3.63, 3.8) is 0 Å². The minimum atomic E-state index is -0.218. The van der Waals surface area contributed by atoms with Gasteiger partial charge in [-0.15, -0.1) is 0 Å². The zero-order valence-corrected chi connectivity index (χ0v) is 18.5. The lowest BCUT2D eigenvalue weighted by molar-refractivity contribution is 0.0936. The van der Waals surface area contributed by atoms with Crippen molar-refractivity contribution in [2.24, 2.45) is 0 Å². The molecule has 166 valence electrons. The molecule has 0 saturated heterocycles. The van der Waals surface area contributed by atoms with Gasteiger partial charge >= 0.3 is 0 Å². The lowest BCUT2D eigenvalue weighted by Gasteiger charge is -2.18. The topological polar surface area (TPSA) is 89.3 Å². The number of aromatic nitrogens is 3. The van der Waals surface area contributed by atoms with Crippen molar-refractivity contribution in [2.45, 2.75) is 25.8 Å². The highest BCUT2D eigenvalue weighted by atomic mass is 16.5. The summed E-state index contributed by atoms with van der Waals surface area (Å²) >= 11 is 0. The SMILES string of the molecule is COCCNC(=O)c1ccc2c(c1)[C@@H](c1ncn(C(C)C)n1)CN2C(=O)c1ccccc1. The molecule has 0 bridgehead atoms. The lowest BCUT2D eigenvalue weighted by atomic mass is 9.98. The Balaban J connectivity index is 1.70. The quantitative estimate of drug-likeness (QED) is 0.579. The number of hydrogen-bond donors (Lipinski definition) is 1. The van der Waals surface area contributed by atoms with Gasteiger partial charge in [0.15, 0.2) is 5.82 Å². The van der Waals surface area contributed by atoms with Gasteiger partial charge in [0.2, 0.25) is 0 Å². The number of amides is 2. The Hall–Kier alpha value is -3.52. The highest BCUT2D eigenvalue weighted by molar-refractivity contribution is 6.08. The molecular formula is C24H27N5O3. The lowest BCUT2D eigenvalue weighted by Crippen LogP contribution is -2.30. The largest absolute Gasteiger partial charge is 0.383 e. The van der Waals surface area contributed by atoms with Crippen molar-refractivity contribution in [3.05, 3.63) is 77.4 Å². The van der Waals surface area contributed by atoms with Crippen molar-refractivity contribution < 1.29 is 14.3 Å². The van der Waals surface area contributed by atoms with Crippen molar-refractivity contribution >= 4 is 17.5 Å². The number of nitrogens with zero attached hydrogens (tertiary/aromatic N) is 4. The monoisotopic (exact) mass is 433 g/mol. The fourth-order valence-corrected chi connectivity index (χ4v) is 3.81. The molecule has 8 heteroatoms. The maximum atomic E-state index is 13.3. The summed E-state index contributed by atoms with van der Waals surface area (Å²) < 4.78 is 6.81. The van der Waals surface area contributed by atoms with E-state index in [1.54, 1.807) is 41.2 Å². The molecule has 1 aliphatic rings. The van der Waals surface area contributed by atoms with Gasteiger partial charge < -0.3 is 15.0 Å². The first-order valence-corrected chi connectivity index (χ1v) is 10.7. The number of rotatable bonds is 7. The molecule has 0 saturated carbocycles. The van der Waals surface area contributed by atoms with Crippen LogP contribution < -0.4 is 10.2 Å². The first kappa shape index (κ1) is 21.7. The van der Waals surface area contributed by atoms with Crippen LogP contribution in [0.4, 0.5) is 5.69 Å². The Kier molecular flexibility index (Phi) is 6.32. The molecule has 0 radical (unpaired) electrons. The molecule has 1 aliphatic heterocycles. The highest BCUT2D eigenvalue weighted by Gasteiger charge is 2.36. The van der Waals surface area contributed by atoms with Crippen molar-refractivity contribution in [1.82, 2.24) is 20.1 Å². The summed E-state index contributed by atoms with van der Waals surface area (Å²) in [5.74, 6) is 0.150. The Morgan fingerprint density at radius 1 is 1.16 bits per heavy atom. The third kappa shape index (κ3) is 4.27. The van der Waals surface area contributed by atoms with E-state index in [4.69, 9.17) is 4.74 Å². The van der Waals surface area contributed by atoms with Gasteiger partial charge in [-0.05, 0) is 49.7 Å². The van der Waals surface area contributed by atoms with Gasteiger partial charge in [-0.1, -0.05) is 18.2 Å². The van der Waals surface area contributed by atoms with Crippen LogP contribution in [0.1, 0.15) is 57.9 Å². The Bertz CT molecular complexity index is 1110. The van der Waals surface area contributed by atoms with E-state index >= 15 is 0 Å². The standard InChI is InChI=1S/C24H27N5O3/c1-16(2)29-15-26-22(27-29)20-14-28(24(31)17-7-5-4-6-8-17)21-10-9-18(13-19(20)21)23(30)25-11-12-32-3/h4-10,13,15-16,20H,11-12,14H2,1-3H3,(H,25,30)/t20-/m0/s1. The second-order valence-corrected chi connectivity index (χ2v) is 8.03. The number of hydrogen-bond acceptors (Lipinski definition) is 5. The summed E-state index contributed by atoms with van der Waals surface area (Å²) in [7, 11) is 1.59. The van der Waals surface area contributed by atoms with Gasteiger partial charge in [-0.2, -0.15) is 5.10 Å². The summed E-state index contributed by atoms with van der Waals surface area (Å²) in [4.78, 5) is 32.2. The molecule has 0 aliphatic carbocycles. The minimum absolute atomic E-state index is 0.0880. The van der Waals surface area contributed by atoms with Crippen LogP contribution in [0.3, 0.4) is 0 Å². The first-order chi connectivity index (χ1) is 15.5. The van der Waals surface area contributed by atoms with Gasteiger partial charge in [-0.25, -0.2) is 4.98 Å². The number of benzene rings is 2. The zero-order chi connectivity index (χ0) is 22.7. The molecular weight excluding hydrogens is 406 g/mol. The molecule has 0 unspecified atom stereocenters. The van der Waals surface area contributed by atoms with Crippen molar-refractivity contribution in [3.8, 4) is 0 Å². The number of methoxy groups -OCH3 is 1. The Labute approximate surface area is 187 Å². The third-order valence-corrected chi connectivity index (χ3v) is 5.55. The number of nitrogens with one attached hydrogen (secondary N) is 1. The van der Waals surface area contributed by atoms with Gasteiger partial charge in [0.05, 0.1) is 12.5 Å². The van der Waals surface area contributed by atoms with Gasteiger partial charge in [-0.3, -0.25) is 14.3 Å². The van der Waals surface area contributed by atoms with E-state index in [2.05, 4.69) is 15.4 Å². The van der Waals surface area contributed by atoms with Crippen LogP contribution in [0, 0.1) is 0 Å². The smallest absolute Gasteiger partial charge is 0.258 e. The first-order valence-electron chi connectivity index (χ1n) is 10.7. The summed E-state index contributed by atoms with van der Waals surface area (Å²) in [6.07, 6.45) is 1.71. The van der Waals surface area contributed by atoms with Crippen LogP contribution in [0.5, 0.6) is 0 Å². The van der Waals surface area contributed by atoms with E-state index in [-0.39, 0.29) is 23.8 Å². The number of anilines is 1. The molecule has 4 rings (SSSR count). The summed E-state index contributed by atoms with van der Waals surface area (Å²) in [5.41, 5.74) is 2.79. The second-order valence-electron chi connectivity index (χ2n) is 8.03. The fraction of sp³-hybridized carbons (Fsp3) is 0.333. The summed E-state index contributed by atoms with van der Waals surface area (Å²) in [5, 5.41) is 7.49. The van der Waals surface area contributed by atoms with Gasteiger partial charge in [0.25, 0.3) is 11.8 Å². The molecule has 1 atom stereocenters. The molecule has 8 nitrogen and oxygen atoms in total. The van der Waals surface area contributed by atoms with Crippen LogP contribution in [0.2, 0.25) is 0 Å². The highest BCUT2D eigenvalue weighted by Crippen LogP contribution is 2.40. The maximum Gasteiger partial charge on any atom is 0.258 e. The molecule has 2 heterocycles. The molecule has 3 aromatic rings. The number of ether oxygens (including phenoxy) is 1. The van der Waals surface area contributed by atoms with Crippen LogP contribution in [-0.4, -0.2) is 53.4 Å². The van der Waals surface area contributed by atoms with Crippen molar-refractivity contribution in [1.29, 1.82) is 0 Å². The Morgan fingerprint density at radius 3 is 2.62 bits per heavy atom. The van der Waals surface area contributed by atoms with Crippen LogP contribution >= 0.6 is 0 Å². The fourth-order valence-electron chi connectivity index (χ4n) is 3.81. The van der Waals surface area contributed by atoms with E-state index in [9.17, 15) is 9.59 Å². The van der Waals surface area contributed by atoms with Crippen LogP contribution in [0.15, 0.2) is 54.9 Å². The normalized spacial score (nSPS) is 15.1. The van der Waals surface area contributed by atoms with E-state index in [1.165, 1.54) is 0 Å². The van der Waals surface area contributed by atoms with E-state index in [1.807, 2.05) is 44.2 Å². The number of fused-ring (bicyclic) bond motifs is 1. The third-order valence-electron chi connectivity index (χ3n) is 5.55.